The number of aliphatic hydroxyl groups excluding tert-OH is 1. The van der Waals surface area contributed by atoms with Gasteiger partial charge in [0.25, 0.3) is 10.1 Å². The maximum atomic E-state index is 13.0. The quantitative estimate of drug-likeness (QED) is 0.618. The molecule has 0 saturated heterocycles. The first-order chi connectivity index (χ1) is 13.0. The Morgan fingerprint density at radius 3 is 2.43 bits per heavy atom. The van der Waals surface area contributed by atoms with Crippen LogP contribution >= 0.6 is 0 Å². The molecule has 0 amide bonds. The molecular weight excluding hydrogens is 376 g/mol. The normalized spacial score (nSPS) is 39.2. The third-order valence-electron chi connectivity index (χ3n) is 7.38. The zero-order valence-electron chi connectivity index (χ0n) is 16.8. The zero-order valence-corrected chi connectivity index (χ0v) is 17.6. The summed E-state index contributed by atoms with van der Waals surface area (Å²) < 4.78 is 31.6. The number of carbonyl (C=O) groups is 1. The average Bonchev–Trinajstić information content (AvgIpc) is 2.85. The topological polar surface area (TPSA) is 80.7 Å². The van der Waals surface area contributed by atoms with E-state index >= 15 is 0 Å². The SMILES string of the molecule is C=C1[C@@H]2C(=O)C[C@@H](C)[C@@H]3[C@H]1[C@H](OS(=O)(=O)c1ccc(C)cc1)[C@@H](O)C(C)(C)[C@H]23. The molecule has 3 fully saturated rings. The molecule has 6 heteroatoms. The lowest BCUT2D eigenvalue weighted by Crippen LogP contribution is -2.58. The average molecular weight is 405 g/mol. The maximum Gasteiger partial charge on any atom is 0.297 e. The van der Waals surface area contributed by atoms with Crippen LogP contribution in [-0.2, 0) is 19.1 Å². The van der Waals surface area contributed by atoms with E-state index in [4.69, 9.17) is 4.18 Å². The van der Waals surface area contributed by atoms with Gasteiger partial charge in [0.05, 0.1) is 11.0 Å². The Morgan fingerprint density at radius 1 is 1.21 bits per heavy atom. The summed E-state index contributed by atoms with van der Waals surface area (Å²) in [6, 6.07) is 6.47. The van der Waals surface area contributed by atoms with Gasteiger partial charge in [0, 0.05) is 18.3 Å². The standard InChI is InChI=1S/C22H28O5S/c1-11-6-8-14(9-7-11)28(25,26)27-20-18-13(3)17-15(23)10-12(2)16(18)19(17)22(4,5)21(20)24/h6-9,12,16-21,24H,3,10H2,1-2,4-5H3/t12-,16-,17-,18+,19+,20+,21-/m1/s1. The van der Waals surface area contributed by atoms with Crippen molar-refractivity contribution in [1.29, 1.82) is 0 Å². The van der Waals surface area contributed by atoms with Crippen molar-refractivity contribution in [3.8, 4) is 0 Å². The van der Waals surface area contributed by atoms with Crippen LogP contribution in [0.5, 0.6) is 0 Å². The molecule has 0 unspecified atom stereocenters. The second kappa shape index (κ2) is 6.25. The molecule has 1 N–H and O–H groups in total. The summed E-state index contributed by atoms with van der Waals surface area (Å²) in [4.78, 5) is 12.8. The van der Waals surface area contributed by atoms with Gasteiger partial charge in [-0.15, -0.1) is 0 Å². The van der Waals surface area contributed by atoms with Crippen LogP contribution in [0.3, 0.4) is 0 Å². The van der Waals surface area contributed by atoms with Gasteiger partial charge in [0.2, 0.25) is 0 Å². The summed E-state index contributed by atoms with van der Waals surface area (Å²) in [6.07, 6.45) is -1.46. The Morgan fingerprint density at radius 2 is 1.82 bits per heavy atom. The molecule has 4 rings (SSSR count). The van der Waals surface area contributed by atoms with E-state index in [1.54, 1.807) is 12.1 Å². The molecule has 152 valence electrons. The summed E-state index contributed by atoms with van der Waals surface area (Å²) in [7, 11) is -4.05. The van der Waals surface area contributed by atoms with Crippen LogP contribution in [0.4, 0.5) is 0 Å². The number of hydrogen-bond acceptors (Lipinski definition) is 5. The first-order valence-corrected chi connectivity index (χ1v) is 11.3. The van der Waals surface area contributed by atoms with E-state index in [9.17, 15) is 18.3 Å². The van der Waals surface area contributed by atoms with Gasteiger partial charge in [0.15, 0.2) is 0 Å². The lowest BCUT2D eigenvalue weighted by Gasteiger charge is -2.53. The molecule has 4 bridgehead atoms. The van der Waals surface area contributed by atoms with Crippen LogP contribution < -0.4 is 0 Å². The molecule has 3 aliphatic rings. The molecule has 5 nitrogen and oxygen atoms in total. The number of Topliss-reactive ketones (excluding diaryl/α,β-unsaturated/α-hetero) is 1. The number of hydrogen-bond donors (Lipinski definition) is 1. The molecule has 1 aromatic rings. The Bertz CT molecular complexity index is 930. The van der Waals surface area contributed by atoms with Crippen LogP contribution in [0.25, 0.3) is 0 Å². The van der Waals surface area contributed by atoms with E-state index in [2.05, 4.69) is 6.58 Å². The molecule has 7 atom stereocenters. The molecule has 0 heterocycles. The highest BCUT2D eigenvalue weighted by molar-refractivity contribution is 7.86. The second-order valence-corrected chi connectivity index (χ2v) is 11.0. The third-order valence-corrected chi connectivity index (χ3v) is 8.70. The van der Waals surface area contributed by atoms with E-state index < -0.39 is 27.7 Å². The molecule has 3 saturated carbocycles. The van der Waals surface area contributed by atoms with Gasteiger partial charge in [-0.3, -0.25) is 8.98 Å². The summed E-state index contributed by atoms with van der Waals surface area (Å²) >= 11 is 0. The van der Waals surface area contributed by atoms with Crippen molar-refractivity contribution in [2.75, 3.05) is 0 Å². The van der Waals surface area contributed by atoms with E-state index in [1.807, 2.05) is 27.7 Å². The van der Waals surface area contributed by atoms with E-state index in [0.29, 0.717) is 6.42 Å². The predicted molar refractivity (Wildman–Crippen MR) is 105 cm³/mol. The van der Waals surface area contributed by atoms with E-state index in [-0.39, 0.29) is 40.3 Å². The number of aryl methyl sites for hydroxylation is 1. The van der Waals surface area contributed by atoms with Crippen LogP contribution in [-0.4, -0.2) is 31.5 Å². The molecule has 0 aromatic heterocycles. The van der Waals surface area contributed by atoms with Crippen molar-refractivity contribution in [1.82, 2.24) is 0 Å². The Kier molecular flexibility index (Phi) is 4.42. The lowest BCUT2D eigenvalue weighted by atomic mass is 9.54. The van der Waals surface area contributed by atoms with Crippen LogP contribution in [0.15, 0.2) is 41.3 Å². The molecule has 1 aromatic carbocycles. The van der Waals surface area contributed by atoms with Gasteiger partial charge in [-0.2, -0.15) is 8.42 Å². The molecule has 3 aliphatic carbocycles. The molecular formula is C22H28O5S. The Labute approximate surface area is 166 Å². The summed E-state index contributed by atoms with van der Waals surface area (Å²) in [6.45, 7) is 11.9. The third kappa shape index (κ3) is 2.65. The predicted octanol–water partition coefficient (Wildman–Crippen LogP) is 3.11. The number of ketones is 1. The monoisotopic (exact) mass is 404 g/mol. The fourth-order valence-corrected chi connectivity index (χ4v) is 7.12. The molecule has 0 spiro atoms. The van der Waals surface area contributed by atoms with Gasteiger partial charge >= 0.3 is 0 Å². The van der Waals surface area contributed by atoms with Crippen molar-refractivity contribution < 1.29 is 22.5 Å². The van der Waals surface area contributed by atoms with Crippen molar-refractivity contribution in [3.63, 3.8) is 0 Å². The molecule has 0 radical (unpaired) electrons. The smallest absolute Gasteiger partial charge is 0.297 e. The van der Waals surface area contributed by atoms with Gasteiger partial charge in [-0.25, -0.2) is 0 Å². The molecule has 28 heavy (non-hydrogen) atoms. The number of rotatable bonds is 3. The van der Waals surface area contributed by atoms with Crippen LogP contribution in [0, 0.1) is 41.9 Å². The highest BCUT2D eigenvalue weighted by Gasteiger charge is 2.68. The maximum absolute atomic E-state index is 13.0. The van der Waals surface area contributed by atoms with Crippen molar-refractivity contribution >= 4 is 15.9 Å². The van der Waals surface area contributed by atoms with E-state index in [0.717, 1.165) is 11.1 Å². The van der Waals surface area contributed by atoms with Gasteiger partial charge in [0.1, 0.15) is 11.9 Å². The van der Waals surface area contributed by atoms with Gasteiger partial charge < -0.3 is 5.11 Å². The van der Waals surface area contributed by atoms with Crippen LogP contribution in [0.2, 0.25) is 0 Å². The largest absolute Gasteiger partial charge is 0.390 e. The Hall–Kier alpha value is -1.50. The number of benzene rings is 1. The number of carbonyl (C=O) groups excluding carboxylic acids is 1. The minimum Gasteiger partial charge on any atom is -0.390 e. The van der Waals surface area contributed by atoms with Gasteiger partial charge in [-0.05, 0) is 42.2 Å². The second-order valence-electron chi connectivity index (χ2n) is 9.42. The summed E-state index contributed by atoms with van der Waals surface area (Å²) in [5.41, 5.74) is 1.03. The van der Waals surface area contributed by atoms with E-state index in [1.165, 1.54) is 12.1 Å². The number of aliphatic hydroxyl groups is 1. The van der Waals surface area contributed by atoms with Gasteiger partial charge in [-0.1, -0.05) is 50.6 Å². The fraction of sp³-hybridized carbons (Fsp3) is 0.591. The highest BCUT2D eigenvalue weighted by Crippen LogP contribution is 2.65. The minimum absolute atomic E-state index is 0.0295. The summed E-state index contributed by atoms with van der Waals surface area (Å²) in [5, 5.41) is 11.1. The molecule has 0 aliphatic heterocycles. The first kappa shape index (κ1) is 19.8. The fourth-order valence-electron chi connectivity index (χ4n) is 6.02. The first-order valence-electron chi connectivity index (χ1n) is 9.86. The summed E-state index contributed by atoms with van der Waals surface area (Å²) in [5.74, 6) is -0.322. The zero-order chi connectivity index (χ0) is 20.6. The van der Waals surface area contributed by atoms with Crippen molar-refractivity contribution in [3.05, 3.63) is 42.0 Å². The Balaban J connectivity index is 1.76. The van der Waals surface area contributed by atoms with Crippen molar-refractivity contribution in [2.45, 2.75) is 51.2 Å². The highest BCUT2D eigenvalue weighted by atomic mass is 32.2. The van der Waals surface area contributed by atoms with Crippen molar-refractivity contribution in [2.24, 2.45) is 35.0 Å². The lowest BCUT2D eigenvalue weighted by molar-refractivity contribution is -0.157. The van der Waals surface area contributed by atoms with Crippen LogP contribution in [0.1, 0.15) is 32.8 Å². The minimum atomic E-state index is -4.05.